The van der Waals surface area contributed by atoms with Gasteiger partial charge < -0.3 is 14.9 Å². The summed E-state index contributed by atoms with van der Waals surface area (Å²) < 4.78 is 4.41. The molecule has 13 heavy (non-hydrogen) atoms. The van der Waals surface area contributed by atoms with Crippen molar-refractivity contribution in [2.75, 3.05) is 7.11 Å². The third-order valence-corrected chi connectivity index (χ3v) is 1.41. The summed E-state index contributed by atoms with van der Waals surface area (Å²) in [6, 6.07) is 0.855. The van der Waals surface area contributed by atoms with E-state index >= 15 is 0 Å². The Balaban J connectivity index is 3.96. The fourth-order valence-corrected chi connectivity index (χ4v) is 0.727. The Bertz CT molecular complexity index is 201. The van der Waals surface area contributed by atoms with Crippen LogP contribution in [0.4, 0.5) is 0 Å². The molecular formula is C7H12N2O4. The van der Waals surface area contributed by atoms with Crippen LogP contribution in [0.25, 0.3) is 0 Å². The largest absolute Gasteiger partial charge is 0.480 e. The predicted molar refractivity (Wildman–Crippen MR) is 42.4 cm³/mol. The Hall–Kier alpha value is -1.16. The number of aliphatic carboxylic acids is 1. The molecule has 0 saturated carbocycles. The first-order valence-corrected chi connectivity index (χ1v) is 3.68. The number of carbonyl (C=O) groups is 1. The SMILES string of the molecule is COC(O)N[C@@H](CCC#N)C(=O)O. The minimum Gasteiger partial charge on any atom is -0.480 e. The number of aliphatic hydroxyl groups excluding tert-OH is 1. The van der Waals surface area contributed by atoms with E-state index < -0.39 is 18.4 Å². The van der Waals surface area contributed by atoms with Crippen LogP contribution in [-0.4, -0.2) is 35.7 Å². The molecule has 0 radical (unpaired) electrons. The van der Waals surface area contributed by atoms with Gasteiger partial charge in [-0.1, -0.05) is 0 Å². The number of ether oxygens (including phenoxy) is 1. The van der Waals surface area contributed by atoms with Gasteiger partial charge >= 0.3 is 5.97 Å². The van der Waals surface area contributed by atoms with Gasteiger partial charge in [-0.2, -0.15) is 5.26 Å². The standard InChI is InChI=1S/C7H12N2O4/c1-13-7(12)9-5(6(10)11)3-2-4-8/h5,7,9,12H,2-3H2,1H3,(H,10,11)/t5-,7?/m0/s1. The van der Waals surface area contributed by atoms with Crippen LogP contribution in [0.15, 0.2) is 0 Å². The Labute approximate surface area is 75.7 Å². The van der Waals surface area contributed by atoms with Crippen LogP contribution in [0, 0.1) is 11.3 Å². The van der Waals surface area contributed by atoms with Crippen molar-refractivity contribution in [1.82, 2.24) is 5.32 Å². The smallest absolute Gasteiger partial charge is 0.320 e. The lowest BCUT2D eigenvalue weighted by Gasteiger charge is -2.16. The molecule has 0 spiro atoms. The Morgan fingerprint density at radius 3 is 2.77 bits per heavy atom. The first-order valence-electron chi connectivity index (χ1n) is 3.68. The number of methoxy groups -OCH3 is 1. The average Bonchev–Trinajstić information content (AvgIpc) is 2.11. The highest BCUT2D eigenvalue weighted by molar-refractivity contribution is 5.73. The maximum Gasteiger partial charge on any atom is 0.320 e. The van der Waals surface area contributed by atoms with Crippen LogP contribution in [0.5, 0.6) is 0 Å². The van der Waals surface area contributed by atoms with Crippen LogP contribution in [0.1, 0.15) is 12.8 Å². The van der Waals surface area contributed by atoms with Gasteiger partial charge in [0.1, 0.15) is 6.04 Å². The second kappa shape index (κ2) is 6.37. The number of rotatable bonds is 6. The van der Waals surface area contributed by atoms with Gasteiger partial charge in [-0.05, 0) is 6.42 Å². The van der Waals surface area contributed by atoms with Gasteiger partial charge in [0.25, 0.3) is 0 Å². The minimum atomic E-state index is -1.32. The molecule has 1 unspecified atom stereocenters. The molecule has 6 nitrogen and oxygen atoms in total. The van der Waals surface area contributed by atoms with Crippen LogP contribution in [-0.2, 0) is 9.53 Å². The van der Waals surface area contributed by atoms with E-state index in [-0.39, 0.29) is 12.8 Å². The number of hydrogen-bond donors (Lipinski definition) is 3. The molecule has 0 aromatic carbocycles. The van der Waals surface area contributed by atoms with E-state index in [1.54, 1.807) is 0 Å². The zero-order valence-corrected chi connectivity index (χ0v) is 7.23. The molecule has 0 saturated heterocycles. The summed E-state index contributed by atoms with van der Waals surface area (Å²) in [7, 11) is 1.24. The fraction of sp³-hybridized carbons (Fsp3) is 0.714. The monoisotopic (exact) mass is 188 g/mol. The summed E-state index contributed by atoms with van der Waals surface area (Å²) >= 11 is 0. The topological polar surface area (TPSA) is 103 Å². The molecule has 0 aliphatic heterocycles. The highest BCUT2D eigenvalue weighted by atomic mass is 16.6. The molecule has 0 heterocycles. The zero-order chi connectivity index (χ0) is 10.3. The molecular weight excluding hydrogens is 176 g/mol. The summed E-state index contributed by atoms with van der Waals surface area (Å²) in [5, 5.41) is 28.0. The summed E-state index contributed by atoms with van der Waals surface area (Å²) in [4.78, 5) is 10.5. The van der Waals surface area contributed by atoms with Crippen molar-refractivity contribution in [2.24, 2.45) is 0 Å². The quantitative estimate of drug-likeness (QED) is 0.474. The van der Waals surface area contributed by atoms with Gasteiger partial charge in [-0.25, -0.2) is 0 Å². The first-order chi connectivity index (χ1) is 6.11. The molecule has 6 heteroatoms. The molecule has 0 bridgehead atoms. The van der Waals surface area contributed by atoms with E-state index in [2.05, 4.69) is 10.1 Å². The van der Waals surface area contributed by atoms with Crippen molar-refractivity contribution in [3.05, 3.63) is 0 Å². The van der Waals surface area contributed by atoms with Gasteiger partial charge in [-0.15, -0.1) is 0 Å². The summed E-state index contributed by atoms with van der Waals surface area (Å²) in [5.74, 6) is -1.12. The highest BCUT2D eigenvalue weighted by Gasteiger charge is 2.19. The maximum atomic E-state index is 10.5. The molecule has 0 amide bonds. The van der Waals surface area contributed by atoms with Gasteiger partial charge in [0.05, 0.1) is 6.07 Å². The molecule has 0 fully saturated rings. The van der Waals surface area contributed by atoms with Gasteiger partial charge in [0.2, 0.25) is 6.41 Å². The minimum absolute atomic E-state index is 0.112. The van der Waals surface area contributed by atoms with Crippen molar-refractivity contribution >= 4 is 5.97 Å². The number of aliphatic hydroxyl groups is 1. The van der Waals surface area contributed by atoms with Crippen molar-refractivity contribution < 1.29 is 19.7 Å². The first kappa shape index (κ1) is 11.8. The van der Waals surface area contributed by atoms with Crippen LogP contribution < -0.4 is 5.32 Å². The number of carboxylic acid groups (broad SMARTS) is 1. The van der Waals surface area contributed by atoms with Crippen LogP contribution in [0.3, 0.4) is 0 Å². The Morgan fingerprint density at radius 2 is 2.38 bits per heavy atom. The normalized spacial score (nSPS) is 14.5. The Kier molecular flexibility index (Phi) is 5.80. The maximum absolute atomic E-state index is 10.5. The van der Waals surface area contributed by atoms with Crippen molar-refractivity contribution in [3.8, 4) is 6.07 Å². The molecule has 0 aromatic heterocycles. The number of carboxylic acids is 1. The van der Waals surface area contributed by atoms with Crippen molar-refractivity contribution in [3.63, 3.8) is 0 Å². The predicted octanol–water partition coefficient (Wildman–Crippen LogP) is -0.745. The average molecular weight is 188 g/mol. The molecule has 74 valence electrons. The third kappa shape index (κ3) is 5.14. The number of hydrogen-bond acceptors (Lipinski definition) is 5. The van der Waals surface area contributed by atoms with Crippen molar-refractivity contribution in [1.29, 1.82) is 5.26 Å². The van der Waals surface area contributed by atoms with Crippen LogP contribution >= 0.6 is 0 Å². The number of nitrogens with one attached hydrogen (secondary N) is 1. The number of nitriles is 1. The second-order valence-electron chi connectivity index (χ2n) is 2.34. The van der Waals surface area contributed by atoms with Gasteiger partial charge in [-0.3, -0.25) is 10.1 Å². The summed E-state index contributed by atoms with van der Waals surface area (Å²) in [6.45, 7) is 0. The van der Waals surface area contributed by atoms with E-state index in [1.165, 1.54) is 7.11 Å². The molecule has 0 aromatic rings. The van der Waals surface area contributed by atoms with E-state index in [0.29, 0.717) is 0 Å². The molecule has 3 N–H and O–H groups in total. The van der Waals surface area contributed by atoms with Gasteiger partial charge in [0.15, 0.2) is 0 Å². The lowest BCUT2D eigenvalue weighted by molar-refractivity contribution is -0.147. The van der Waals surface area contributed by atoms with Crippen molar-refractivity contribution in [2.45, 2.75) is 25.3 Å². The van der Waals surface area contributed by atoms with E-state index in [9.17, 15) is 4.79 Å². The van der Waals surface area contributed by atoms with E-state index in [4.69, 9.17) is 15.5 Å². The number of nitrogens with zero attached hydrogens (tertiary/aromatic N) is 1. The molecule has 0 aliphatic rings. The third-order valence-electron chi connectivity index (χ3n) is 1.41. The lowest BCUT2D eigenvalue weighted by atomic mass is 10.2. The lowest BCUT2D eigenvalue weighted by Crippen LogP contribution is -2.44. The summed E-state index contributed by atoms with van der Waals surface area (Å²) in [6.07, 6.45) is -1.08. The van der Waals surface area contributed by atoms with Crippen LogP contribution in [0.2, 0.25) is 0 Å². The zero-order valence-electron chi connectivity index (χ0n) is 7.23. The highest BCUT2D eigenvalue weighted by Crippen LogP contribution is 1.97. The summed E-state index contributed by atoms with van der Waals surface area (Å²) in [5.41, 5.74) is 0. The molecule has 2 atom stereocenters. The van der Waals surface area contributed by atoms with E-state index in [0.717, 1.165) is 0 Å². The van der Waals surface area contributed by atoms with E-state index in [1.807, 2.05) is 6.07 Å². The second-order valence-corrected chi connectivity index (χ2v) is 2.34. The molecule has 0 rings (SSSR count). The fourth-order valence-electron chi connectivity index (χ4n) is 0.727. The molecule has 0 aliphatic carbocycles. The van der Waals surface area contributed by atoms with Gasteiger partial charge in [0, 0.05) is 13.5 Å². The Morgan fingerprint density at radius 1 is 1.77 bits per heavy atom.